The topological polar surface area (TPSA) is 50.7 Å². The highest BCUT2D eigenvalue weighted by Gasteiger charge is 2.39. The number of fused-ring (bicyclic) bond motifs is 3. The van der Waals surface area contributed by atoms with Crippen LogP contribution in [-0.2, 0) is 0 Å². The van der Waals surface area contributed by atoms with Crippen LogP contribution in [0.4, 0.5) is 5.69 Å². The number of nitrogens with one attached hydrogen (secondary N) is 1. The van der Waals surface area contributed by atoms with E-state index in [-0.39, 0.29) is 12.0 Å². The number of benzene rings is 1. The minimum absolute atomic E-state index is 0.00343. The summed E-state index contributed by atoms with van der Waals surface area (Å²) in [6.45, 7) is 2.94. The van der Waals surface area contributed by atoms with Crippen molar-refractivity contribution in [3.8, 4) is 11.5 Å². The SMILES string of the molecule is CCNc1ccc(OC)c2c1C1C=CC(O)CC1O2. The van der Waals surface area contributed by atoms with Crippen LogP contribution in [-0.4, -0.2) is 31.0 Å². The van der Waals surface area contributed by atoms with Crippen LogP contribution in [0.25, 0.3) is 0 Å². The Balaban J connectivity index is 2.07. The van der Waals surface area contributed by atoms with E-state index in [1.54, 1.807) is 7.11 Å². The smallest absolute Gasteiger partial charge is 0.167 e. The molecule has 0 fully saturated rings. The maximum Gasteiger partial charge on any atom is 0.167 e. The number of hydrogen-bond acceptors (Lipinski definition) is 4. The van der Waals surface area contributed by atoms with Gasteiger partial charge in [-0.3, -0.25) is 0 Å². The first-order valence-electron chi connectivity index (χ1n) is 6.72. The second kappa shape index (κ2) is 4.78. The molecule has 0 radical (unpaired) electrons. The number of ether oxygens (including phenoxy) is 2. The zero-order chi connectivity index (χ0) is 13.4. The summed E-state index contributed by atoms with van der Waals surface area (Å²) in [6.07, 6.45) is 4.12. The molecule has 0 saturated heterocycles. The number of aliphatic hydroxyl groups is 1. The fraction of sp³-hybridized carbons (Fsp3) is 0.467. The Morgan fingerprint density at radius 1 is 1.42 bits per heavy atom. The van der Waals surface area contributed by atoms with E-state index in [0.717, 1.165) is 29.3 Å². The van der Waals surface area contributed by atoms with Crippen LogP contribution in [0.3, 0.4) is 0 Å². The third-order valence-corrected chi connectivity index (χ3v) is 3.76. The van der Waals surface area contributed by atoms with Crippen LogP contribution >= 0.6 is 0 Å². The van der Waals surface area contributed by atoms with Crippen molar-refractivity contribution < 1.29 is 14.6 Å². The first kappa shape index (κ1) is 12.4. The van der Waals surface area contributed by atoms with Gasteiger partial charge in [0.1, 0.15) is 6.10 Å². The molecule has 19 heavy (non-hydrogen) atoms. The molecule has 0 aromatic heterocycles. The van der Waals surface area contributed by atoms with E-state index >= 15 is 0 Å². The Hall–Kier alpha value is -1.68. The van der Waals surface area contributed by atoms with Gasteiger partial charge in [-0.1, -0.05) is 12.2 Å². The molecular weight excluding hydrogens is 242 g/mol. The first-order valence-corrected chi connectivity index (χ1v) is 6.72. The molecule has 3 atom stereocenters. The molecule has 1 aromatic carbocycles. The number of rotatable bonds is 3. The van der Waals surface area contributed by atoms with Crippen molar-refractivity contribution in [2.24, 2.45) is 0 Å². The first-order chi connectivity index (χ1) is 9.24. The Morgan fingerprint density at radius 2 is 2.26 bits per heavy atom. The van der Waals surface area contributed by atoms with Crippen molar-refractivity contribution in [1.82, 2.24) is 0 Å². The highest BCUT2D eigenvalue weighted by molar-refractivity contribution is 5.67. The lowest BCUT2D eigenvalue weighted by Crippen LogP contribution is -2.27. The zero-order valence-corrected chi connectivity index (χ0v) is 11.2. The fourth-order valence-electron chi connectivity index (χ4n) is 2.93. The van der Waals surface area contributed by atoms with E-state index in [1.165, 1.54) is 0 Å². The van der Waals surface area contributed by atoms with Gasteiger partial charge in [-0.25, -0.2) is 0 Å². The molecule has 0 saturated carbocycles. The van der Waals surface area contributed by atoms with E-state index in [0.29, 0.717) is 6.42 Å². The van der Waals surface area contributed by atoms with Crippen LogP contribution in [0, 0.1) is 0 Å². The molecule has 2 aliphatic rings. The molecule has 2 N–H and O–H groups in total. The fourth-order valence-corrected chi connectivity index (χ4v) is 2.93. The lowest BCUT2D eigenvalue weighted by molar-refractivity contribution is 0.117. The van der Waals surface area contributed by atoms with Gasteiger partial charge < -0.3 is 19.9 Å². The van der Waals surface area contributed by atoms with Gasteiger partial charge in [-0.15, -0.1) is 0 Å². The van der Waals surface area contributed by atoms with Gasteiger partial charge in [0.15, 0.2) is 11.5 Å². The summed E-state index contributed by atoms with van der Waals surface area (Å²) < 4.78 is 11.4. The van der Waals surface area contributed by atoms with E-state index in [2.05, 4.69) is 12.2 Å². The largest absolute Gasteiger partial charge is 0.493 e. The molecule has 102 valence electrons. The molecule has 0 amide bonds. The summed E-state index contributed by atoms with van der Waals surface area (Å²) in [5.74, 6) is 1.77. The van der Waals surface area contributed by atoms with Crippen molar-refractivity contribution >= 4 is 5.69 Å². The third-order valence-electron chi connectivity index (χ3n) is 3.76. The quantitative estimate of drug-likeness (QED) is 0.820. The van der Waals surface area contributed by atoms with Gasteiger partial charge in [0.05, 0.1) is 13.2 Å². The highest BCUT2D eigenvalue weighted by Crippen LogP contribution is 2.50. The summed E-state index contributed by atoms with van der Waals surface area (Å²) in [5, 5.41) is 13.1. The molecule has 0 bridgehead atoms. The number of aliphatic hydroxyl groups excluding tert-OH is 1. The Morgan fingerprint density at radius 3 is 3.00 bits per heavy atom. The Bertz CT molecular complexity index is 512. The van der Waals surface area contributed by atoms with Gasteiger partial charge >= 0.3 is 0 Å². The molecule has 3 unspecified atom stereocenters. The summed E-state index contributed by atoms with van der Waals surface area (Å²) in [6, 6.07) is 3.96. The van der Waals surface area contributed by atoms with E-state index in [1.807, 2.05) is 24.3 Å². The lowest BCUT2D eigenvalue weighted by atomic mass is 9.86. The maximum absolute atomic E-state index is 9.72. The standard InChI is InChI=1S/C15H19NO3/c1-3-16-11-6-7-12(18-2)15-14(11)10-5-4-9(17)8-13(10)19-15/h4-7,9-10,13,16-17H,3,8H2,1-2H3. The summed E-state index contributed by atoms with van der Waals surface area (Å²) in [4.78, 5) is 0. The van der Waals surface area contributed by atoms with Crippen molar-refractivity contribution in [3.05, 3.63) is 29.8 Å². The zero-order valence-electron chi connectivity index (χ0n) is 11.2. The predicted molar refractivity (Wildman–Crippen MR) is 74.1 cm³/mol. The Labute approximate surface area is 113 Å². The third kappa shape index (κ3) is 1.96. The van der Waals surface area contributed by atoms with E-state index in [9.17, 15) is 5.11 Å². The van der Waals surface area contributed by atoms with Crippen molar-refractivity contribution in [3.63, 3.8) is 0 Å². The number of anilines is 1. The second-order valence-electron chi connectivity index (χ2n) is 4.96. The van der Waals surface area contributed by atoms with Crippen molar-refractivity contribution in [2.45, 2.75) is 31.5 Å². The molecular formula is C15H19NO3. The lowest BCUT2D eigenvalue weighted by Gasteiger charge is -2.23. The second-order valence-corrected chi connectivity index (χ2v) is 4.96. The molecule has 1 aromatic rings. The molecule has 1 aliphatic carbocycles. The van der Waals surface area contributed by atoms with Crippen LogP contribution in [0.2, 0.25) is 0 Å². The van der Waals surface area contributed by atoms with Gasteiger partial charge in [-0.2, -0.15) is 0 Å². The van der Waals surface area contributed by atoms with E-state index in [4.69, 9.17) is 9.47 Å². The predicted octanol–water partition coefficient (Wildman–Crippen LogP) is 2.29. The summed E-state index contributed by atoms with van der Waals surface area (Å²) >= 11 is 0. The number of hydrogen-bond donors (Lipinski definition) is 2. The number of methoxy groups -OCH3 is 1. The minimum atomic E-state index is -0.413. The van der Waals surface area contributed by atoms with Gasteiger partial charge in [0.25, 0.3) is 0 Å². The molecule has 3 rings (SSSR count). The van der Waals surface area contributed by atoms with Crippen LogP contribution in [0.1, 0.15) is 24.8 Å². The van der Waals surface area contributed by atoms with E-state index < -0.39 is 6.10 Å². The van der Waals surface area contributed by atoms with Crippen molar-refractivity contribution in [2.75, 3.05) is 19.0 Å². The average molecular weight is 261 g/mol. The maximum atomic E-state index is 9.72. The average Bonchev–Trinajstić information content (AvgIpc) is 2.78. The van der Waals surface area contributed by atoms with Crippen molar-refractivity contribution in [1.29, 1.82) is 0 Å². The molecule has 1 heterocycles. The van der Waals surface area contributed by atoms with Gasteiger partial charge in [0.2, 0.25) is 0 Å². The van der Waals surface area contributed by atoms with Crippen LogP contribution < -0.4 is 14.8 Å². The van der Waals surface area contributed by atoms with Crippen LogP contribution in [0.15, 0.2) is 24.3 Å². The highest BCUT2D eigenvalue weighted by atomic mass is 16.5. The molecule has 4 nitrogen and oxygen atoms in total. The normalized spacial score (nSPS) is 27.4. The molecule has 0 spiro atoms. The monoisotopic (exact) mass is 261 g/mol. The Kier molecular flexibility index (Phi) is 3.11. The van der Waals surface area contributed by atoms with Crippen LogP contribution in [0.5, 0.6) is 11.5 Å². The van der Waals surface area contributed by atoms with Gasteiger partial charge in [-0.05, 0) is 19.1 Å². The molecule has 1 aliphatic heterocycles. The summed E-state index contributed by atoms with van der Waals surface area (Å²) in [7, 11) is 1.65. The summed E-state index contributed by atoms with van der Waals surface area (Å²) in [5.41, 5.74) is 2.24. The van der Waals surface area contributed by atoms with Gasteiger partial charge in [0, 0.05) is 30.1 Å². The minimum Gasteiger partial charge on any atom is -0.493 e. The molecule has 4 heteroatoms.